The van der Waals surface area contributed by atoms with Crippen LogP contribution in [0.15, 0.2) is 6.20 Å². The molecule has 0 unspecified atom stereocenters. The molecule has 0 bridgehead atoms. The average molecular weight is 259 g/mol. The molecule has 0 fully saturated rings. The van der Waals surface area contributed by atoms with E-state index in [1.165, 1.54) is 0 Å². The van der Waals surface area contributed by atoms with Gasteiger partial charge in [-0.2, -0.15) is 0 Å². The summed E-state index contributed by atoms with van der Waals surface area (Å²) >= 11 is 0.0894. The molecular weight excluding hydrogens is 253 g/mol. The highest BCUT2D eigenvalue weighted by Gasteiger charge is 1.91. The van der Waals surface area contributed by atoms with Crippen molar-refractivity contribution in [3.05, 3.63) is 16.8 Å². The summed E-state index contributed by atoms with van der Waals surface area (Å²) in [5, 5.41) is 2.07. The van der Waals surface area contributed by atoms with Gasteiger partial charge in [0.25, 0.3) is 0 Å². The van der Waals surface area contributed by atoms with Gasteiger partial charge in [-0.1, -0.05) is 20.7 Å². The Kier molecular flexibility index (Phi) is 1.69. The fourth-order valence-corrected chi connectivity index (χ4v) is 2.46. The predicted molar refractivity (Wildman–Crippen MR) is 54.7 cm³/mol. The van der Waals surface area contributed by atoms with Gasteiger partial charge in [-0.3, -0.25) is 0 Å². The molecule has 0 radical (unpaired) electrons. The summed E-state index contributed by atoms with van der Waals surface area (Å²) < 4.78 is 4.35. The van der Waals surface area contributed by atoms with Crippen LogP contribution < -0.4 is 16.3 Å². The first-order valence-electron chi connectivity index (χ1n) is 3.10. The molecule has 56 valence electrons. The van der Waals surface area contributed by atoms with Crippen molar-refractivity contribution >= 4 is 40.8 Å². The second-order valence-corrected chi connectivity index (χ2v) is 4.16. The zero-order chi connectivity index (χ0) is 7.68. The summed E-state index contributed by atoms with van der Waals surface area (Å²) in [5.74, 6) is 0.349. The van der Waals surface area contributed by atoms with Crippen LogP contribution in [0.4, 0.5) is 5.95 Å². The molecule has 0 amide bonds. The molecule has 2 heterocycles. The quantitative estimate of drug-likeness (QED) is 0.631. The zero-order valence-electron chi connectivity index (χ0n) is 5.66. The highest BCUT2D eigenvalue weighted by molar-refractivity contribution is 14.2. The van der Waals surface area contributed by atoms with Gasteiger partial charge in [0.05, 0.1) is 5.35 Å². The maximum absolute atomic E-state index is 5.42. The monoisotopic (exact) mass is 259 g/mol. The molecule has 0 aliphatic carbocycles. The number of nitrogens with two attached hydrogens (primary N) is 1. The minimum absolute atomic E-state index is 0.0894. The molecule has 1 aliphatic heterocycles. The van der Waals surface area contributed by atoms with E-state index in [9.17, 15) is 0 Å². The second kappa shape index (κ2) is 2.69. The average Bonchev–Trinajstić information content (AvgIpc) is 2.04. The van der Waals surface area contributed by atoms with Crippen LogP contribution in [0.2, 0.25) is 0 Å². The summed E-state index contributed by atoms with van der Waals surface area (Å²) in [5.41, 5.74) is 5.42. The van der Waals surface area contributed by atoms with Crippen LogP contribution in [0.5, 0.6) is 0 Å². The lowest BCUT2D eigenvalue weighted by Gasteiger charge is -1.93. The molecule has 1 aromatic rings. The van der Waals surface area contributed by atoms with Gasteiger partial charge in [0, 0.05) is 11.4 Å². The summed E-state index contributed by atoms with van der Waals surface area (Å²) in [6.07, 6.45) is 3.79. The van der Waals surface area contributed by atoms with Crippen LogP contribution in [-0.2, 0) is 0 Å². The summed E-state index contributed by atoms with van der Waals surface area (Å²) in [4.78, 5) is 7.99. The van der Waals surface area contributed by atoms with E-state index < -0.39 is 0 Å². The summed E-state index contributed by atoms with van der Waals surface area (Å²) in [6, 6.07) is 0. The van der Waals surface area contributed by atoms with Crippen LogP contribution in [0, 0.1) is 0 Å². The van der Waals surface area contributed by atoms with E-state index in [0.717, 1.165) is 10.6 Å². The van der Waals surface area contributed by atoms with Crippen LogP contribution in [0.3, 0.4) is 0 Å². The van der Waals surface area contributed by atoms with E-state index in [1.807, 2.05) is 6.08 Å². The molecule has 2 N–H and O–H groups in total. The smallest absolute Gasteiger partial charge is 0.220 e. The molecule has 0 atom stereocenters. The zero-order valence-corrected chi connectivity index (χ0v) is 7.82. The van der Waals surface area contributed by atoms with Crippen LogP contribution >= 0.6 is 20.7 Å². The number of nitrogens with zero attached hydrogens (tertiary/aromatic N) is 2. The van der Waals surface area contributed by atoms with E-state index in [2.05, 4.69) is 18.1 Å². The highest BCUT2D eigenvalue weighted by atomic mass is 127. The van der Waals surface area contributed by atoms with Crippen LogP contribution in [-0.4, -0.2) is 14.0 Å². The lowest BCUT2D eigenvalue weighted by atomic mass is 10.4. The molecule has 1 aromatic heterocycles. The predicted octanol–water partition coefficient (Wildman–Crippen LogP) is -0.636. The molecule has 0 saturated heterocycles. The lowest BCUT2D eigenvalue weighted by molar-refractivity contribution is 1.12. The molecule has 0 saturated carbocycles. The van der Waals surface area contributed by atoms with E-state index >= 15 is 0 Å². The fraction of sp³-hybridized carbons (Fsp3) is 0. The van der Waals surface area contributed by atoms with Gasteiger partial charge in [0.15, 0.2) is 0 Å². The Morgan fingerprint density at radius 2 is 2.36 bits per heavy atom. The van der Waals surface area contributed by atoms with Gasteiger partial charge < -0.3 is 5.73 Å². The first kappa shape index (κ1) is 6.90. The minimum atomic E-state index is 0.0894. The Morgan fingerprint density at radius 1 is 1.45 bits per heavy atom. The number of aromatic nitrogens is 2. The van der Waals surface area contributed by atoms with Crippen molar-refractivity contribution in [2.24, 2.45) is 0 Å². The van der Waals surface area contributed by atoms with E-state index in [0.29, 0.717) is 5.95 Å². The standard InChI is InChI=1S/C7H6IN3/c9-7-10-4-5-3-8-2-1-6(5)11-7/h1-4H,(H2,9,10,11). The molecule has 2 rings (SSSR count). The van der Waals surface area contributed by atoms with Crippen molar-refractivity contribution in [2.75, 3.05) is 5.73 Å². The number of halogens is 1. The van der Waals surface area contributed by atoms with Crippen molar-refractivity contribution in [1.82, 2.24) is 9.97 Å². The number of rotatable bonds is 0. The molecule has 1 aliphatic rings. The maximum atomic E-state index is 5.42. The normalized spacial score (nSPS) is 13.8. The van der Waals surface area contributed by atoms with Gasteiger partial charge in [-0.15, -0.1) is 0 Å². The van der Waals surface area contributed by atoms with Gasteiger partial charge in [0.2, 0.25) is 5.95 Å². The third-order valence-corrected chi connectivity index (χ3v) is 3.15. The maximum Gasteiger partial charge on any atom is 0.220 e. The Bertz CT molecular complexity index is 422. The molecule has 0 spiro atoms. The molecular formula is C7H6IN3. The Labute approximate surface area is 73.4 Å². The Hall–Kier alpha value is -0.780. The molecule has 11 heavy (non-hydrogen) atoms. The molecule has 3 nitrogen and oxygen atoms in total. The van der Waals surface area contributed by atoms with E-state index in [1.54, 1.807) is 6.20 Å². The third kappa shape index (κ3) is 1.30. The van der Waals surface area contributed by atoms with Crippen LogP contribution in [0.1, 0.15) is 0 Å². The number of nitrogen functional groups attached to an aromatic ring is 1. The molecule has 0 aromatic carbocycles. The van der Waals surface area contributed by atoms with Gasteiger partial charge in [-0.25, -0.2) is 9.97 Å². The number of hydrogen-bond donors (Lipinski definition) is 1. The van der Waals surface area contributed by atoms with Gasteiger partial charge in [0.1, 0.15) is 0 Å². The SMILES string of the molecule is Nc1ncc2c(n1)=CC=IC=2. The summed E-state index contributed by atoms with van der Waals surface area (Å²) in [6.45, 7) is 0. The fourth-order valence-electron chi connectivity index (χ4n) is 0.836. The van der Waals surface area contributed by atoms with Gasteiger partial charge in [-0.05, 0) is 14.2 Å². The van der Waals surface area contributed by atoms with Crippen molar-refractivity contribution in [1.29, 1.82) is 0 Å². The lowest BCUT2D eigenvalue weighted by Crippen LogP contribution is -2.30. The van der Waals surface area contributed by atoms with E-state index in [4.69, 9.17) is 5.73 Å². The van der Waals surface area contributed by atoms with E-state index in [-0.39, 0.29) is 20.7 Å². The number of fused-ring (bicyclic) bond motifs is 1. The Morgan fingerprint density at radius 3 is 3.27 bits per heavy atom. The third-order valence-electron chi connectivity index (χ3n) is 1.34. The minimum Gasteiger partial charge on any atom is -0.368 e. The highest BCUT2D eigenvalue weighted by Crippen LogP contribution is 1.96. The first-order chi connectivity index (χ1) is 5.36. The van der Waals surface area contributed by atoms with Crippen molar-refractivity contribution < 1.29 is 0 Å². The molecule has 4 heteroatoms. The Balaban J connectivity index is 2.86. The topological polar surface area (TPSA) is 51.8 Å². The number of anilines is 1. The van der Waals surface area contributed by atoms with Gasteiger partial charge >= 0.3 is 0 Å². The summed E-state index contributed by atoms with van der Waals surface area (Å²) in [7, 11) is 0. The van der Waals surface area contributed by atoms with Crippen molar-refractivity contribution in [3.63, 3.8) is 0 Å². The number of hydrogen-bond acceptors (Lipinski definition) is 3. The van der Waals surface area contributed by atoms with Crippen molar-refractivity contribution in [2.45, 2.75) is 0 Å². The first-order valence-corrected chi connectivity index (χ1v) is 5.59. The van der Waals surface area contributed by atoms with Crippen LogP contribution in [0.25, 0.3) is 10.2 Å². The second-order valence-electron chi connectivity index (χ2n) is 2.10. The van der Waals surface area contributed by atoms with Crippen molar-refractivity contribution in [3.8, 4) is 0 Å². The largest absolute Gasteiger partial charge is 0.368 e.